The molecule has 0 fully saturated rings. The van der Waals surface area contributed by atoms with Crippen LogP contribution in [0.4, 0.5) is 0 Å². The molecule has 0 bridgehead atoms. The van der Waals surface area contributed by atoms with Crippen molar-refractivity contribution < 1.29 is 0 Å². The van der Waals surface area contributed by atoms with Gasteiger partial charge in [0.2, 0.25) is 0 Å². The van der Waals surface area contributed by atoms with Gasteiger partial charge in [0.25, 0.3) is 0 Å². The van der Waals surface area contributed by atoms with Gasteiger partial charge in [0.1, 0.15) is 0 Å². The number of amidine groups is 1. The van der Waals surface area contributed by atoms with Crippen molar-refractivity contribution in [2.45, 2.75) is 39.7 Å². The molecular weight excluding hydrogens is 136 g/mol. The predicted octanol–water partition coefficient (Wildman–Crippen LogP) is 2.16. The second kappa shape index (κ2) is 5.16. The van der Waals surface area contributed by atoms with E-state index in [0.717, 1.165) is 5.84 Å². The van der Waals surface area contributed by atoms with Crippen LogP contribution in [0.3, 0.4) is 0 Å². The van der Waals surface area contributed by atoms with E-state index >= 15 is 0 Å². The highest BCUT2D eigenvalue weighted by Crippen LogP contribution is 2.06. The van der Waals surface area contributed by atoms with E-state index in [4.69, 9.17) is 0 Å². The van der Waals surface area contributed by atoms with Crippen LogP contribution in [-0.2, 0) is 0 Å². The summed E-state index contributed by atoms with van der Waals surface area (Å²) in [6.45, 7) is 6.49. The maximum Gasteiger partial charge on any atom is 0.0953 e. The number of rotatable bonds is 3. The lowest BCUT2D eigenvalue weighted by Crippen LogP contribution is -2.34. The molecule has 0 rings (SSSR count). The van der Waals surface area contributed by atoms with Gasteiger partial charge in [-0.05, 0) is 19.8 Å². The molecule has 66 valence electrons. The molecule has 11 heavy (non-hydrogen) atoms. The summed E-state index contributed by atoms with van der Waals surface area (Å²) in [5, 5.41) is 0. The molecule has 0 aromatic rings. The Bertz CT molecular complexity index is 126. The molecule has 0 amide bonds. The first-order valence-corrected chi connectivity index (χ1v) is 4.33. The predicted molar refractivity (Wildman–Crippen MR) is 51.2 cm³/mol. The third kappa shape index (κ3) is 2.91. The number of hydrogen-bond acceptors (Lipinski definition) is 1. The Morgan fingerprint density at radius 3 is 2.09 bits per heavy atom. The molecule has 2 heteroatoms. The van der Waals surface area contributed by atoms with Crippen molar-refractivity contribution in [1.29, 1.82) is 0 Å². The fraction of sp³-hybridized carbons (Fsp3) is 0.889. The molecule has 0 aromatic carbocycles. The summed E-state index contributed by atoms with van der Waals surface area (Å²) >= 11 is 0. The number of aliphatic imine (C=N–C) groups is 1. The maximum atomic E-state index is 4.15. The lowest BCUT2D eigenvalue weighted by atomic mass is 10.1. The van der Waals surface area contributed by atoms with Crippen molar-refractivity contribution in [2.24, 2.45) is 4.99 Å². The second-order valence-electron chi connectivity index (χ2n) is 2.85. The summed E-state index contributed by atoms with van der Waals surface area (Å²) in [5.74, 6) is 1.12. The van der Waals surface area contributed by atoms with Crippen LogP contribution in [0, 0.1) is 0 Å². The second-order valence-corrected chi connectivity index (χ2v) is 2.85. The summed E-state index contributed by atoms with van der Waals surface area (Å²) in [5.41, 5.74) is 0. The Kier molecular flexibility index (Phi) is 4.92. The highest BCUT2D eigenvalue weighted by atomic mass is 15.2. The average molecular weight is 156 g/mol. The first-order chi connectivity index (χ1) is 5.17. The zero-order valence-corrected chi connectivity index (χ0v) is 8.39. The van der Waals surface area contributed by atoms with Gasteiger partial charge in [-0.2, -0.15) is 0 Å². The quantitative estimate of drug-likeness (QED) is 0.451. The Morgan fingerprint density at radius 1 is 1.36 bits per heavy atom. The number of hydrogen-bond donors (Lipinski definition) is 0. The molecule has 0 atom stereocenters. The van der Waals surface area contributed by atoms with Crippen molar-refractivity contribution in [1.82, 2.24) is 4.90 Å². The van der Waals surface area contributed by atoms with Crippen molar-refractivity contribution >= 4 is 5.84 Å². The van der Waals surface area contributed by atoms with Crippen LogP contribution in [-0.4, -0.2) is 30.9 Å². The third-order valence-electron chi connectivity index (χ3n) is 2.32. The summed E-state index contributed by atoms with van der Waals surface area (Å²) in [6.07, 6.45) is 2.39. The van der Waals surface area contributed by atoms with Gasteiger partial charge >= 0.3 is 0 Å². The minimum atomic E-state index is 0.652. The molecule has 0 unspecified atom stereocenters. The monoisotopic (exact) mass is 156 g/mol. The Balaban J connectivity index is 4.08. The SMILES string of the molecule is CCC(CC)N(C)/C(C)=N\C. The maximum absolute atomic E-state index is 4.15. The molecule has 0 aliphatic rings. The number of nitrogens with zero attached hydrogens (tertiary/aromatic N) is 2. The minimum absolute atomic E-state index is 0.652. The van der Waals surface area contributed by atoms with Crippen molar-refractivity contribution in [3.63, 3.8) is 0 Å². The van der Waals surface area contributed by atoms with Crippen molar-refractivity contribution in [3.8, 4) is 0 Å². The molecule has 0 aliphatic carbocycles. The normalized spacial score (nSPS) is 12.4. The molecule has 0 saturated heterocycles. The van der Waals surface area contributed by atoms with E-state index in [2.05, 4.69) is 37.7 Å². The van der Waals surface area contributed by atoms with Gasteiger partial charge in [0.05, 0.1) is 5.84 Å². The van der Waals surface area contributed by atoms with E-state index in [1.807, 2.05) is 7.05 Å². The van der Waals surface area contributed by atoms with Gasteiger partial charge in [0.15, 0.2) is 0 Å². The fourth-order valence-electron chi connectivity index (χ4n) is 1.26. The third-order valence-corrected chi connectivity index (χ3v) is 2.32. The van der Waals surface area contributed by atoms with E-state index in [1.165, 1.54) is 12.8 Å². The van der Waals surface area contributed by atoms with Gasteiger partial charge in [0, 0.05) is 20.1 Å². The summed E-state index contributed by atoms with van der Waals surface area (Å²) in [7, 11) is 3.95. The van der Waals surface area contributed by atoms with Gasteiger partial charge in [-0.1, -0.05) is 13.8 Å². The fourth-order valence-corrected chi connectivity index (χ4v) is 1.26. The van der Waals surface area contributed by atoms with E-state index in [-0.39, 0.29) is 0 Å². The Morgan fingerprint density at radius 2 is 1.82 bits per heavy atom. The zero-order chi connectivity index (χ0) is 8.85. The largest absolute Gasteiger partial charge is 0.361 e. The van der Waals surface area contributed by atoms with Crippen molar-refractivity contribution in [3.05, 3.63) is 0 Å². The zero-order valence-electron chi connectivity index (χ0n) is 8.39. The first kappa shape index (κ1) is 10.5. The van der Waals surface area contributed by atoms with Crippen LogP contribution >= 0.6 is 0 Å². The highest BCUT2D eigenvalue weighted by Gasteiger charge is 2.09. The van der Waals surface area contributed by atoms with Gasteiger partial charge in [-0.25, -0.2) is 0 Å². The Labute approximate surface area is 70.3 Å². The van der Waals surface area contributed by atoms with E-state index in [0.29, 0.717) is 6.04 Å². The van der Waals surface area contributed by atoms with Crippen LogP contribution < -0.4 is 0 Å². The summed E-state index contributed by atoms with van der Waals surface area (Å²) in [6, 6.07) is 0.652. The molecule has 2 nitrogen and oxygen atoms in total. The molecule has 0 N–H and O–H groups in total. The van der Waals surface area contributed by atoms with Crippen LogP contribution in [0.2, 0.25) is 0 Å². The molecule has 0 radical (unpaired) electrons. The Hall–Kier alpha value is -0.530. The standard InChI is InChI=1S/C9H20N2/c1-6-9(7-2)11(5)8(3)10-4/h9H,6-7H2,1-5H3/b10-8-. The van der Waals surface area contributed by atoms with Crippen LogP contribution in [0.15, 0.2) is 4.99 Å². The first-order valence-electron chi connectivity index (χ1n) is 4.33. The lowest BCUT2D eigenvalue weighted by molar-refractivity contribution is 0.343. The molecule has 0 aromatic heterocycles. The lowest BCUT2D eigenvalue weighted by Gasteiger charge is -2.27. The smallest absolute Gasteiger partial charge is 0.0953 e. The topological polar surface area (TPSA) is 15.6 Å². The summed E-state index contributed by atoms with van der Waals surface area (Å²) < 4.78 is 0. The van der Waals surface area contributed by atoms with Crippen LogP contribution in [0.25, 0.3) is 0 Å². The van der Waals surface area contributed by atoms with Crippen LogP contribution in [0.5, 0.6) is 0 Å². The van der Waals surface area contributed by atoms with Crippen LogP contribution in [0.1, 0.15) is 33.6 Å². The molecule has 0 spiro atoms. The van der Waals surface area contributed by atoms with Gasteiger partial charge in [-0.3, -0.25) is 4.99 Å². The van der Waals surface area contributed by atoms with E-state index in [1.54, 1.807) is 0 Å². The molecule has 0 heterocycles. The molecular formula is C9H20N2. The van der Waals surface area contributed by atoms with E-state index < -0.39 is 0 Å². The average Bonchev–Trinajstić information content (AvgIpc) is 2.05. The summed E-state index contributed by atoms with van der Waals surface area (Å²) in [4.78, 5) is 6.40. The van der Waals surface area contributed by atoms with Gasteiger partial charge in [-0.15, -0.1) is 0 Å². The minimum Gasteiger partial charge on any atom is -0.361 e. The highest BCUT2D eigenvalue weighted by molar-refractivity contribution is 5.79. The van der Waals surface area contributed by atoms with Gasteiger partial charge < -0.3 is 4.90 Å². The van der Waals surface area contributed by atoms with Crippen molar-refractivity contribution in [2.75, 3.05) is 14.1 Å². The molecule has 0 saturated carbocycles. The molecule has 0 aliphatic heterocycles. The van der Waals surface area contributed by atoms with E-state index in [9.17, 15) is 0 Å².